The van der Waals surface area contributed by atoms with Crippen molar-refractivity contribution in [2.45, 2.75) is 139 Å². The largest absolute Gasteiger partial charge is 0.458 e. The fraction of sp³-hybridized carbons (Fsp3) is 0.698. The number of hydrogen-bond donors (Lipinski definition) is 2. The number of rotatable bonds is 8. The van der Waals surface area contributed by atoms with Crippen LogP contribution in [0.15, 0.2) is 47.1 Å². The van der Waals surface area contributed by atoms with Crippen LogP contribution in [0.3, 0.4) is 0 Å². The fourth-order valence-corrected chi connectivity index (χ4v) is 11.3. The van der Waals surface area contributed by atoms with Crippen molar-refractivity contribution in [1.29, 1.82) is 0 Å². The number of benzene rings is 1. The van der Waals surface area contributed by atoms with Crippen LogP contribution in [-0.4, -0.2) is 53.2 Å². The van der Waals surface area contributed by atoms with E-state index in [1.807, 2.05) is 18.2 Å². The van der Waals surface area contributed by atoms with E-state index in [1.54, 1.807) is 20.8 Å². The van der Waals surface area contributed by atoms with Crippen molar-refractivity contribution in [3.05, 3.63) is 52.6 Å². The summed E-state index contributed by atoms with van der Waals surface area (Å²) in [4.78, 5) is 39.7. The van der Waals surface area contributed by atoms with Gasteiger partial charge in [-0.15, -0.1) is 0 Å². The van der Waals surface area contributed by atoms with Gasteiger partial charge in [-0.05, 0) is 143 Å². The number of esters is 3. The Balaban J connectivity index is 1.60. The van der Waals surface area contributed by atoms with Crippen LogP contribution < -0.4 is 0 Å². The van der Waals surface area contributed by atoms with Gasteiger partial charge in [0.1, 0.15) is 6.10 Å². The molecule has 0 heterocycles. The molecule has 0 spiro atoms. The van der Waals surface area contributed by atoms with Crippen LogP contribution in [0.1, 0.15) is 126 Å². The molecule has 5 rings (SSSR count). The molecule has 2 N–H and O–H groups in total. The minimum Gasteiger partial charge on any atom is -0.458 e. The lowest BCUT2D eigenvalue weighted by atomic mass is 9.36. The van der Waals surface area contributed by atoms with Crippen LogP contribution in [0.4, 0.5) is 0 Å². The van der Waals surface area contributed by atoms with Gasteiger partial charge in [0.2, 0.25) is 6.79 Å². The number of fused-ring (bicyclic) bond motifs is 5. The molecule has 4 saturated carbocycles. The summed E-state index contributed by atoms with van der Waals surface area (Å²) in [5.74, 6) is -1.29. The highest BCUT2D eigenvalue weighted by atomic mass is 16.7. The lowest BCUT2D eigenvalue weighted by Gasteiger charge is -2.69. The van der Waals surface area contributed by atoms with E-state index in [9.17, 15) is 24.6 Å². The van der Waals surface area contributed by atoms with E-state index in [-0.39, 0.29) is 34.7 Å². The predicted molar refractivity (Wildman–Crippen MR) is 197 cm³/mol. The first-order valence-corrected chi connectivity index (χ1v) is 19.1. The van der Waals surface area contributed by atoms with E-state index in [4.69, 9.17) is 14.2 Å². The zero-order valence-corrected chi connectivity index (χ0v) is 32.6. The number of carbonyl (C=O) groups is 3. The molecule has 8 nitrogen and oxygen atoms in total. The van der Waals surface area contributed by atoms with Crippen LogP contribution >= 0.6 is 0 Å². The summed E-state index contributed by atoms with van der Waals surface area (Å²) in [6, 6.07) is 10.1. The third kappa shape index (κ3) is 7.08. The molecule has 1 aromatic carbocycles. The molecular formula is C43H62O8. The second-order valence-corrected chi connectivity index (χ2v) is 18.1. The lowest BCUT2D eigenvalue weighted by molar-refractivity contribution is -0.234. The molecule has 0 saturated heterocycles. The monoisotopic (exact) mass is 706 g/mol. The minimum atomic E-state index is -0.760. The molecule has 0 radical (unpaired) electrons. The summed E-state index contributed by atoms with van der Waals surface area (Å²) in [5.41, 5.74) is 2.84. The number of hydrogen-bond acceptors (Lipinski definition) is 8. The first-order valence-electron chi connectivity index (χ1n) is 19.1. The third-order valence-corrected chi connectivity index (χ3v) is 14.0. The second-order valence-electron chi connectivity index (χ2n) is 18.1. The molecule has 1 aromatic rings. The van der Waals surface area contributed by atoms with Gasteiger partial charge in [0.15, 0.2) is 0 Å². The molecule has 0 bridgehead atoms. The molecule has 4 aliphatic rings. The molecule has 10 atom stereocenters. The van der Waals surface area contributed by atoms with Gasteiger partial charge in [-0.1, -0.05) is 63.6 Å². The average molecular weight is 707 g/mol. The summed E-state index contributed by atoms with van der Waals surface area (Å²) in [7, 11) is 0. The molecule has 0 amide bonds. The Morgan fingerprint density at radius 3 is 2.16 bits per heavy atom. The van der Waals surface area contributed by atoms with Gasteiger partial charge < -0.3 is 24.4 Å². The Labute approximate surface area is 305 Å². The molecule has 4 aliphatic carbocycles. The number of aliphatic hydroxyl groups excluding tert-OH is 2. The summed E-state index contributed by atoms with van der Waals surface area (Å²) in [6.07, 6.45) is 3.60. The maximum Gasteiger partial charge on any atom is 0.336 e. The van der Waals surface area contributed by atoms with E-state index < -0.39 is 47.7 Å². The average Bonchev–Trinajstić information content (AvgIpc) is 3.31. The van der Waals surface area contributed by atoms with E-state index in [0.29, 0.717) is 37.2 Å². The van der Waals surface area contributed by atoms with Crippen molar-refractivity contribution < 1.29 is 38.8 Å². The van der Waals surface area contributed by atoms with Gasteiger partial charge in [0.05, 0.1) is 17.6 Å². The van der Waals surface area contributed by atoms with E-state index in [1.165, 1.54) is 6.92 Å². The molecular weight excluding hydrogens is 644 g/mol. The topological polar surface area (TPSA) is 119 Å². The summed E-state index contributed by atoms with van der Waals surface area (Å²) in [6.45, 7) is 19.3. The number of allylic oxidation sites excluding steroid dienone is 2. The van der Waals surface area contributed by atoms with Crippen molar-refractivity contribution in [2.24, 2.45) is 45.3 Å². The maximum absolute atomic E-state index is 14.3. The van der Waals surface area contributed by atoms with Crippen molar-refractivity contribution in [3.8, 4) is 0 Å². The quantitative estimate of drug-likeness (QED) is 0.158. The summed E-state index contributed by atoms with van der Waals surface area (Å²) >= 11 is 0. The lowest BCUT2D eigenvalue weighted by Crippen LogP contribution is -2.65. The molecule has 51 heavy (non-hydrogen) atoms. The minimum absolute atomic E-state index is 0.0140. The van der Waals surface area contributed by atoms with Crippen molar-refractivity contribution in [2.75, 3.05) is 6.79 Å². The summed E-state index contributed by atoms with van der Waals surface area (Å²) < 4.78 is 17.2. The molecule has 1 unspecified atom stereocenters. The molecule has 0 aliphatic heterocycles. The SMILES string of the molecule is CC(=O)O[C@H]1C[C@@]2(C)[C@H](C[C@@H](O)[C@@H]3[C@@]4(C)CC[C@@H](O)[C@@H](C)C4CC[C@@]32C)C1=C(CCC(=C(C)C)c1ccccc1)C(=O)OCOC(=O)C(C)(C)C. The first-order chi connectivity index (χ1) is 23.8. The van der Waals surface area contributed by atoms with Crippen LogP contribution in [0.25, 0.3) is 5.57 Å². The van der Waals surface area contributed by atoms with Crippen LogP contribution in [0, 0.1) is 45.3 Å². The summed E-state index contributed by atoms with van der Waals surface area (Å²) in [5, 5.41) is 23.2. The van der Waals surface area contributed by atoms with E-state index in [0.717, 1.165) is 48.0 Å². The molecule has 8 heteroatoms. The smallest absolute Gasteiger partial charge is 0.336 e. The van der Waals surface area contributed by atoms with E-state index >= 15 is 0 Å². The predicted octanol–water partition coefficient (Wildman–Crippen LogP) is 8.20. The van der Waals surface area contributed by atoms with Gasteiger partial charge >= 0.3 is 17.9 Å². The highest BCUT2D eigenvalue weighted by Gasteiger charge is 2.71. The Bertz CT molecular complexity index is 1550. The third-order valence-electron chi connectivity index (χ3n) is 14.0. The van der Waals surface area contributed by atoms with Crippen molar-refractivity contribution >= 4 is 23.5 Å². The highest BCUT2D eigenvalue weighted by Crippen LogP contribution is 2.74. The second kappa shape index (κ2) is 14.5. The van der Waals surface area contributed by atoms with Gasteiger partial charge in [-0.2, -0.15) is 0 Å². The van der Waals surface area contributed by atoms with Crippen molar-refractivity contribution in [3.63, 3.8) is 0 Å². The van der Waals surface area contributed by atoms with Crippen LogP contribution in [0.5, 0.6) is 0 Å². The van der Waals surface area contributed by atoms with Gasteiger partial charge in [0, 0.05) is 12.5 Å². The number of aliphatic hydroxyl groups is 2. The molecule has 282 valence electrons. The van der Waals surface area contributed by atoms with Crippen LogP contribution in [0.2, 0.25) is 0 Å². The Hall–Kier alpha value is -2.97. The van der Waals surface area contributed by atoms with Gasteiger partial charge in [-0.3, -0.25) is 9.59 Å². The molecule has 4 fully saturated rings. The maximum atomic E-state index is 14.3. The number of ether oxygens (including phenoxy) is 3. The Morgan fingerprint density at radius 2 is 1.55 bits per heavy atom. The Morgan fingerprint density at radius 1 is 0.882 bits per heavy atom. The van der Waals surface area contributed by atoms with Crippen molar-refractivity contribution in [1.82, 2.24) is 0 Å². The zero-order valence-electron chi connectivity index (χ0n) is 32.6. The van der Waals surface area contributed by atoms with Gasteiger partial charge in [-0.25, -0.2) is 4.79 Å². The fourth-order valence-electron chi connectivity index (χ4n) is 11.3. The van der Waals surface area contributed by atoms with Crippen LogP contribution in [-0.2, 0) is 28.6 Å². The standard InChI is InChI=1S/C43H62O8/c1-25(2)29(28-14-12-11-13-15-28)16-17-30(38(47)49-24-50-39(48)40(5,6)7)36-32-22-34(46)37-41(8)20-19-33(45)26(3)31(41)18-21-42(37,9)43(32,10)23-35(36)51-27(4)44/h11-15,26,31-35,37,45-46H,16-24H2,1-10H3/t26-,31?,32+,33+,34+,35-,37+,41-,42-,43-/m0/s1. The number of carbonyl (C=O) groups excluding carboxylic acids is 3. The highest BCUT2D eigenvalue weighted by molar-refractivity contribution is 5.90. The normalized spacial score (nSPS) is 36.9. The molecule has 0 aromatic heterocycles. The van der Waals surface area contributed by atoms with Gasteiger partial charge in [0.25, 0.3) is 0 Å². The Kier molecular flexibility index (Phi) is 11.1. The first kappa shape index (κ1) is 39.2. The van der Waals surface area contributed by atoms with E-state index in [2.05, 4.69) is 53.7 Å². The zero-order chi connectivity index (χ0) is 37.7.